The van der Waals surface area contributed by atoms with E-state index in [2.05, 4.69) is 30.5 Å². The van der Waals surface area contributed by atoms with Gasteiger partial charge in [0.15, 0.2) is 0 Å². The third-order valence-corrected chi connectivity index (χ3v) is 12.3. The summed E-state index contributed by atoms with van der Waals surface area (Å²) in [5.74, 6) is 1.08. The van der Waals surface area contributed by atoms with E-state index in [1.165, 1.54) is 36.0 Å². The van der Waals surface area contributed by atoms with Crippen LogP contribution in [0.25, 0.3) is 22.4 Å². The molecule has 3 heterocycles. The lowest BCUT2D eigenvalue weighted by atomic mass is 9.81. The highest BCUT2D eigenvalue weighted by Crippen LogP contribution is 2.46. The first-order chi connectivity index (χ1) is 26.4. The Morgan fingerprint density at radius 1 is 1.09 bits per heavy atom. The van der Waals surface area contributed by atoms with Crippen molar-refractivity contribution in [2.24, 2.45) is 13.0 Å². The van der Waals surface area contributed by atoms with Crippen molar-refractivity contribution in [3.8, 4) is 28.3 Å². The average Bonchev–Trinajstić information content (AvgIpc) is 3.78. The van der Waals surface area contributed by atoms with Crippen LogP contribution in [-0.2, 0) is 29.5 Å². The molecule has 1 saturated heterocycles. The fourth-order valence-corrected chi connectivity index (χ4v) is 8.75. The Morgan fingerprint density at radius 3 is 2.53 bits per heavy atom. The molecule has 12 heteroatoms. The number of carbonyl (C=O) groups excluding carboxylic acids is 2. The smallest absolute Gasteiger partial charge is 0.330 e. The molecule has 1 fully saturated rings. The molecule has 2 amide bonds. The van der Waals surface area contributed by atoms with Crippen LogP contribution < -0.4 is 26.6 Å². The molecule has 0 bridgehead atoms. The molecule has 2 aromatic heterocycles. The second-order valence-electron chi connectivity index (χ2n) is 15.0. The normalized spacial score (nSPS) is 18.2. The number of benzene rings is 2. The number of fused-ring (bicyclic) bond motifs is 1. The molecule has 0 saturated carbocycles. The number of halogens is 1. The minimum absolute atomic E-state index is 0.0618. The van der Waals surface area contributed by atoms with Gasteiger partial charge in [-0.05, 0) is 92.5 Å². The number of hydrogen-bond acceptors (Lipinski definition) is 7. The molecule has 2 aliphatic rings. The summed E-state index contributed by atoms with van der Waals surface area (Å²) in [6, 6.07) is 13.5. The number of aromatic nitrogens is 3. The Bertz CT molecular complexity index is 2210. The Hall–Kier alpha value is -4.74. The van der Waals surface area contributed by atoms with Crippen molar-refractivity contribution in [1.29, 1.82) is 0 Å². The van der Waals surface area contributed by atoms with Gasteiger partial charge in [-0.15, -0.1) is 0 Å². The van der Waals surface area contributed by atoms with E-state index in [0.717, 1.165) is 83.9 Å². The molecule has 55 heavy (non-hydrogen) atoms. The molecule has 1 aliphatic heterocycles. The van der Waals surface area contributed by atoms with Crippen LogP contribution in [0.1, 0.15) is 98.2 Å². The molecular weight excluding hydrogens is 718 g/mol. The lowest BCUT2D eigenvalue weighted by Gasteiger charge is -2.30. The van der Waals surface area contributed by atoms with Crippen LogP contribution >= 0.6 is 11.6 Å². The minimum atomic E-state index is -0.685. The summed E-state index contributed by atoms with van der Waals surface area (Å²) >= 11 is 7.22. The van der Waals surface area contributed by atoms with E-state index in [9.17, 15) is 19.2 Å². The first-order valence-electron chi connectivity index (χ1n) is 19.3. The molecule has 0 spiro atoms. The summed E-state index contributed by atoms with van der Waals surface area (Å²) in [7, 11) is 4.54. The number of hydrogen-bond donors (Lipinski definition) is 2. The van der Waals surface area contributed by atoms with Crippen LogP contribution in [0, 0.1) is 12.8 Å². The van der Waals surface area contributed by atoms with Gasteiger partial charge in [0.25, 0.3) is 11.5 Å². The maximum absolute atomic E-state index is 13.5. The second kappa shape index (κ2) is 17.0. The van der Waals surface area contributed by atoms with Crippen LogP contribution in [0.4, 0.5) is 5.69 Å². The van der Waals surface area contributed by atoms with Crippen molar-refractivity contribution >= 4 is 29.1 Å². The number of nitrogens with one attached hydrogen (secondary N) is 2. The van der Waals surface area contributed by atoms with Crippen LogP contribution in [0.15, 0.2) is 58.3 Å². The molecule has 6 rings (SSSR count). The topological polar surface area (TPSA) is 134 Å². The SMILES string of the molecule is CCC(CCC1(CC)CCC(=O)N1)CC1CCc2cc(-c3cccc(-c4cccc(NC(=O)c5cn(CCOC)c(=O)n(C)c5=O)c4C)c3Cl)nc(OC)c21. The van der Waals surface area contributed by atoms with Crippen molar-refractivity contribution in [2.45, 2.75) is 96.6 Å². The van der Waals surface area contributed by atoms with Gasteiger partial charge in [-0.2, -0.15) is 0 Å². The summed E-state index contributed by atoms with van der Waals surface area (Å²) in [5.41, 5.74) is 5.34. The van der Waals surface area contributed by atoms with E-state index in [1.807, 2.05) is 37.3 Å². The van der Waals surface area contributed by atoms with E-state index in [1.54, 1.807) is 13.2 Å². The Labute approximate surface area is 327 Å². The van der Waals surface area contributed by atoms with E-state index in [4.69, 9.17) is 26.1 Å². The third kappa shape index (κ3) is 8.14. The highest BCUT2D eigenvalue weighted by molar-refractivity contribution is 6.36. The number of rotatable bonds is 15. The third-order valence-electron chi connectivity index (χ3n) is 11.9. The average molecular weight is 770 g/mol. The second-order valence-corrected chi connectivity index (χ2v) is 15.4. The van der Waals surface area contributed by atoms with Crippen molar-refractivity contribution < 1.29 is 19.1 Å². The predicted molar refractivity (Wildman–Crippen MR) is 216 cm³/mol. The van der Waals surface area contributed by atoms with Gasteiger partial charge >= 0.3 is 5.69 Å². The number of aryl methyl sites for hydroxylation is 1. The number of nitrogens with zero attached hydrogens (tertiary/aromatic N) is 3. The van der Waals surface area contributed by atoms with Crippen molar-refractivity contribution in [3.05, 3.63) is 96.8 Å². The molecule has 3 atom stereocenters. The summed E-state index contributed by atoms with van der Waals surface area (Å²) in [6.07, 6.45) is 10.0. The van der Waals surface area contributed by atoms with Crippen LogP contribution in [0.2, 0.25) is 5.02 Å². The van der Waals surface area contributed by atoms with Gasteiger partial charge < -0.3 is 20.1 Å². The van der Waals surface area contributed by atoms with Gasteiger partial charge in [0.2, 0.25) is 11.8 Å². The summed E-state index contributed by atoms with van der Waals surface area (Å²) < 4.78 is 13.3. The Morgan fingerprint density at radius 2 is 1.84 bits per heavy atom. The molecule has 2 N–H and O–H groups in total. The summed E-state index contributed by atoms with van der Waals surface area (Å²) in [4.78, 5) is 56.1. The zero-order valence-electron chi connectivity index (χ0n) is 32.7. The molecule has 0 radical (unpaired) electrons. The number of ether oxygens (including phenoxy) is 2. The van der Waals surface area contributed by atoms with Crippen molar-refractivity contribution in [2.75, 3.05) is 26.1 Å². The summed E-state index contributed by atoms with van der Waals surface area (Å²) in [5, 5.41) is 6.68. The lowest BCUT2D eigenvalue weighted by Crippen LogP contribution is -2.42. The molecule has 4 aromatic rings. The molecule has 292 valence electrons. The van der Waals surface area contributed by atoms with Gasteiger partial charge in [0.05, 0.1) is 31.0 Å². The number of pyridine rings is 1. The number of carbonyl (C=O) groups is 2. The fraction of sp³-hybridized carbons (Fsp3) is 0.465. The molecule has 3 unspecified atom stereocenters. The lowest BCUT2D eigenvalue weighted by molar-refractivity contribution is -0.119. The van der Waals surface area contributed by atoms with E-state index >= 15 is 0 Å². The minimum Gasteiger partial charge on any atom is -0.481 e. The Kier molecular flexibility index (Phi) is 12.3. The van der Waals surface area contributed by atoms with Crippen molar-refractivity contribution in [1.82, 2.24) is 19.4 Å². The van der Waals surface area contributed by atoms with Crippen molar-refractivity contribution in [3.63, 3.8) is 0 Å². The van der Waals surface area contributed by atoms with E-state index < -0.39 is 17.2 Å². The molecule has 1 aliphatic carbocycles. The number of amides is 2. The van der Waals surface area contributed by atoms with Crippen LogP contribution in [-0.4, -0.2) is 52.3 Å². The molecular formula is C43H52ClN5O6. The van der Waals surface area contributed by atoms with Gasteiger partial charge in [0.1, 0.15) is 5.56 Å². The largest absolute Gasteiger partial charge is 0.481 e. The standard InChI is InChI=1S/C43H52ClN5O6/c1-7-27(17-19-43(8-2)20-18-36(50)47-43)23-28-15-16-29-24-35(46-40(55-6)37(28)29)32-13-9-12-31(38(32)44)30-11-10-14-34(26(30)3)45-39(51)33-25-49(21-22-54-5)42(53)48(4)41(33)52/h9-14,24-25,27-28H,7-8,15-23H2,1-6H3,(H,45,51)(H,47,50). The van der Waals surface area contributed by atoms with Crippen LogP contribution in [0.5, 0.6) is 5.88 Å². The van der Waals surface area contributed by atoms with E-state index in [-0.39, 0.29) is 30.2 Å². The summed E-state index contributed by atoms with van der Waals surface area (Å²) in [6.45, 7) is 6.77. The quantitative estimate of drug-likeness (QED) is 0.129. The highest BCUT2D eigenvalue weighted by Gasteiger charge is 2.37. The molecule has 11 nitrogen and oxygen atoms in total. The number of methoxy groups -OCH3 is 2. The van der Waals surface area contributed by atoms with Gasteiger partial charge in [-0.25, -0.2) is 9.78 Å². The Balaban J connectivity index is 1.24. The monoisotopic (exact) mass is 769 g/mol. The van der Waals surface area contributed by atoms with Gasteiger partial charge in [-0.1, -0.05) is 62.2 Å². The maximum Gasteiger partial charge on any atom is 0.330 e. The zero-order chi connectivity index (χ0) is 39.4. The zero-order valence-corrected chi connectivity index (χ0v) is 33.5. The predicted octanol–water partition coefficient (Wildman–Crippen LogP) is 7.43. The first-order valence-corrected chi connectivity index (χ1v) is 19.7. The maximum atomic E-state index is 13.5. The molecule has 2 aromatic carbocycles. The first kappa shape index (κ1) is 39.9. The van der Waals surface area contributed by atoms with E-state index in [0.29, 0.717) is 34.8 Å². The fourth-order valence-electron chi connectivity index (χ4n) is 8.43. The van der Waals surface area contributed by atoms with Gasteiger partial charge in [-0.3, -0.25) is 23.5 Å². The van der Waals surface area contributed by atoms with Gasteiger partial charge in [0, 0.05) is 54.7 Å². The van der Waals surface area contributed by atoms with Crippen LogP contribution in [0.3, 0.4) is 0 Å². The number of anilines is 1. The highest BCUT2D eigenvalue weighted by atomic mass is 35.5.